The summed E-state index contributed by atoms with van der Waals surface area (Å²) in [7, 11) is 0. The zero-order valence-corrected chi connectivity index (χ0v) is 11.5. The summed E-state index contributed by atoms with van der Waals surface area (Å²) in [6.45, 7) is 8.42. The Morgan fingerprint density at radius 1 is 1.26 bits per heavy atom. The van der Waals surface area contributed by atoms with Gasteiger partial charge in [0.2, 0.25) is 0 Å². The molecule has 102 valence electrons. The third-order valence-electron chi connectivity index (χ3n) is 4.54. The van der Waals surface area contributed by atoms with E-state index in [1.807, 2.05) is 0 Å². The summed E-state index contributed by atoms with van der Waals surface area (Å²) in [5, 5.41) is 11.8. The van der Waals surface area contributed by atoms with Crippen LogP contribution in [0.2, 0.25) is 0 Å². The summed E-state index contributed by atoms with van der Waals surface area (Å²) in [5.41, 5.74) is 0.296. The number of carboxylic acid groups (broad SMARTS) is 1. The normalized spacial score (nSPS) is 19.8. The number of carbonyl (C=O) groups excluding carboxylic acids is 1. The van der Waals surface area contributed by atoms with Gasteiger partial charge in [0.25, 0.3) is 5.91 Å². The predicted octanol–water partition coefficient (Wildman–Crippen LogP) is 1.94. The molecule has 1 aromatic heterocycles. The zero-order valence-electron chi connectivity index (χ0n) is 11.5. The molecule has 19 heavy (non-hydrogen) atoms. The second-order valence-electron chi connectivity index (χ2n) is 6.08. The van der Waals surface area contributed by atoms with Gasteiger partial charge in [0.1, 0.15) is 5.69 Å². The Kier molecular flexibility index (Phi) is 2.88. The molecular formula is C14H18N2O3. The number of carboxylic acids is 1. The predicted molar refractivity (Wildman–Crippen MR) is 70.0 cm³/mol. The van der Waals surface area contributed by atoms with Gasteiger partial charge in [0.05, 0.1) is 0 Å². The SMILES string of the molecule is CC1(C)C(NC(=O)c2ccnc(C(=O)O)c2)C1(C)C. The van der Waals surface area contributed by atoms with Crippen molar-refractivity contribution in [1.29, 1.82) is 0 Å². The van der Waals surface area contributed by atoms with Gasteiger partial charge in [-0.15, -0.1) is 0 Å². The molecule has 0 aliphatic heterocycles. The average Bonchev–Trinajstić information content (AvgIpc) is 2.71. The van der Waals surface area contributed by atoms with E-state index in [0.29, 0.717) is 5.56 Å². The molecule has 0 aromatic carbocycles. The minimum Gasteiger partial charge on any atom is -0.477 e. The molecule has 0 radical (unpaired) electrons. The number of nitrogens with one attached hydrogen (secondary N) is 1. The smallest absolute Gasteiger partial charge is 0.354 e. The number of aromatic carboxylic acids is 1. The Hall–Kier alpha value is -1.91. The second kappa shape index (κ2) is 4.05. The lowest BCUT2D eigenvalue weighted by Gasteiger charge is -2.07. The lowest BCUT2D eigenvalue weighted by molar-refractivity contribution is 0.0690. The molecule has 1 heterocycles. The minimum absolute atomic E-state index is 0.0469. The van der Waals surface area contributed by atoms with E-state index in [2.05, 4.69) is 38.0 Å². The highest BCUT2D eigenvalue weighted by Crippen LogP contribution is 2.62. The number of nitrogens with zero attached hydrogens (tertiary/aromatic N) is 1. The van der Waals surface area contributed by atoms with E-state index < -0.39 is 5.97 Å². The van der Waals surface area contributed by atoms with E-state index in [0.717, 1.165) is 0 Å². The molecule has 2 rings (SSSR count). The van der Waals surface area contributed by atoms with Crippen molar-refractivity contribution in [3.05, 3.63) is 29.6 Å². The molecule has 1 aliphatic carbocycles. The van der Waals surface area contributed by atoms with Gasteiger partial charge < -0.3 is 10.4 Å². The summed E-state index contributed by atoms with van der Waals surface area (Å²) in [6.07, 6.45) is 1.33. The largest absolute Gasteiger partial charge is 0.477 e. The van der Waals surface area contributed by atoms with Crippen LogP contribution in [0, 0.1) is 10.8 Å². The van der Waals surface area contributed by atoms with Crippen molar-refractivity contribution in [2.45, 2.75) is 33.7 Å². The van der Waals surface area contributed by atoms with E-state index >= 15 is 0 Å². The van der Waals surface area contributed by atoms with E-state index in [9.17, 15) is 9.59 Å². The molecule has 0 saturated heterocycles. The summed E-state index contributed by atoms with van der Waals surface area (Å²) in [6, 6.07) is 2.90. The summed E-state index contributed by atoms with van der Waals surface area (Å²) >= 11 is 0. The fourth-order valence-electron chi connectivity index (χ4n) is 2.46. The highest BCUT2D eigenvalue weighted by atomic mass is 16.4. The molecule has 1 amide bonds. The molecule has 0 unspecified atom stereocenters. The monoisotopic (exact) mass is 262 g/mol. The van der Waals surface area contributed by atoms with E-state index in [-0.39, 0.29) is 28.5 Å². The molecular weight excluding hydrogens is 244 g/mol. The van der Waals surface area contributed by atoms with Gasteiger partial charge in [-0.2, -0.15) is 0 Å². The third kappa shape index (κ3) is 2.09. The van der Waals surface area contributed by atoms with Crippen molar-refractivity contribution in [2.24, 2.45) is 10.8 Å². The molecule has 0 spiro atoms. The van der Waals surface area contributed by atoms with Gasteiger partial charge in [-0.25, -0.2) is 9.78 Å². The van der Waals surface area contributed by atoms with Crippen molar-refractivity contribution in [3.63, 3.8) is 0 Å². The lowest BCUT2D eigenvalue weighted by Crippen LogP contribution is -2.30. The Labute approximate surface area is 112 Å². The van der Waals surface area contributed by atoms with Crippen molar-refractivity contribution in [3.8, 4) is 0 Å². The van der Waals surface area contributed by atoms with Crippen LogP contribution in [0.15, 0.2) is 18.3 Å². The molecule has 1 aliphatic rings. The first-order valence-corrected chi connectivity index (χ1v) is 6.18. The number of rotatable bonds is 3. The Morgan fingerprint density at radius 2 is 1.84 bits per heavy atom. The van der Waals surface area contributed by atoms with Crippen molar-refractivity contribution < 1.29 is 14.7 Å². The maximum atomic E-state index is 12.1. The molecule has 5 heteroatoms. The molecule has 0 atom stereocenters. The Balaban J connectivity index is 2.14. The van der Waals surface area contributed by atoms with E-state index in [1.54, 1.807) is 0 Å². The van der Waals surface area contributed by atoms with Crippen LogP contribution >= 0.6 is 0 Å². The number of carbonyl (C=O) groups is 2. The quantitative estimate of drug-likeness (QED) is 0.872. The summed E-state index contributed by atoms with van der Waals surface area (Å²) in [5.74, 6) is -1.39. The molecule has 0 bridgehead atoms. The number of hydrogen-bond acceptors (Lipinski definition) is 3. The van der Waals surface area contributed by atoms with Crippen LogP contribution in [0.1, 0.15) is 48.5 Å². The third-order valence-corrected chi connectivity index (χ3v) is 4.54. The highest BCUT2D eigenvalue weighted by Gasteiger charge is 2.65. The first kappa shape index (κ1) is 13.5. The number of pyridine rings is 1. The number of amides is 1. The second-order valence-corrected chi connectivity index (χ2v) is 6.08. The Morgan fingerprint density at radius 3 is 2.32 bits per heavy atom. The molecule has 2 N–H and O–H groups in total. The molecule has 1 fully saturated rings. The lowest BCUT2D eigenvalue weighted by atomic mass is 10.0. The van der Waals surface area contributed by atoms with Gasteiger partial charge in [-0.05, 0) is 23.0 Å². The van der Waals surface area contributed by atoms with Crippen LogP contribution in [-0.2, 0) is 0 Å². The topological polar surface area (TPSA) is 79.3 Å². The van der Waals surface area contributed by atoms with Crippen molar-refractivity contribution in [1.82, 2.24) is 10.3 Å². The van der Waals surface area contributed by atoms with E-state index in [4.69, 9.17) is 5.11 Å². The summed E-state index contributed by atoms with van der Waals surface area (Å²) < 4.78 is 0. The zero-order chi connectivity index (χ0) is 14.4. The van der Waals surface area contributed by atoms with Gasteiger partial charge >= 0.3 is 5.97 Å². The van der Waals surface area contributed by atoms with Crippen LogP contribution in [0.4, 0.5) is 0 Å². The first-order valence-electron chi connectivity index (χ1n) is 6.18. The molecule has 5 nitrogen and oxygen atoms in total. The van der Waals surface area contributed by atoms with Crippen LogP contribution in [0.5, 0.6) is 0 Å². The summed E-state index contributed by atoms with van der Waals surface area (Å²) in [4.78, 5) is 26.6. The van der Waals surface area contributed by atoms with Crippen LogP contribution < -0.4 is 5.32 Å². The highest BCUT2D eigenvalue weighted by molar-refractivity contribution is 5.97. The number of aromatic nitrogens is 1. The fraction of sp³-hybridized carbons (Fsp3) is 0.500. The number of hydrogen-bond donors (Lipinski definition) is 2. The van der Waals surface area contributed by atoms with Crippen LogP contribution in [-0.4, -0.2) is 28.0 Å². The van der Waals surface area contributed by atoms with E-state index in [1.165, 1.54) is 18.3 Å². The average molecular weight is 262 g/mol. The van der Waals surface area contributed by atoms with Crippen LogP contribution in [0.25, 0.3) is 0 Å². The van der Waals surface area contributed by atoms with Crippen LogP contribution in [0.3, 0.4) is 0 Å². The minimum atomic E-state index is -1.14. The van der Waals surface area contributed by atoms with Gasteiger partial charge in [0, 0.05) is 17.8 Å². The maximum absolute atomic E-state index is 12.1. The van der Waals surface area contributed by atoms with Crippen molar-refractivity contribution in [2.75, 3.05) is 0 Å². The van der Waals surface area contributed by atoms with Gasteiger partial charge in [-0.1, -0.05) is 27.7 Å². The molecule has 1 saturated carbocycles. The van der Waals surface area contributed by atoms with Gasteiger partial charge in [-0.3, -0.25) is 4.79 Å². The Bertz CT molecular complexity index is 535. The maximum Gasteiger partial charge on any atom is 0.354 e. The van der Waals surface area contributed by atoms with Crippen molar-refractivity contribution >= 4 is 11.9 Å². The fourth-order valence-corrected chi connectivity index (χ4v) is 2.46. The standard InChI is InChI=1S/C14H18N2O3/c1-13(2)12(14(13,3)4)16-10(17)8-5-6-15-9(7-8)11(18)19/h5-7,12H,1-4H3,(H,16,17)(H,18,19). The molecule has 1 aromatic rings. The van der Waals surface area contributed by atoms with Gasteiger partial charge in [0.15, 0.2) is 0 Å². The first-order chi connectivity index (χ1) is 8.68.